The van der Waals surface area contributed by atoms with Crippen molar-refractivity contribution >= 4 is 23.2 Å². The maximum atomic E-state index is 12.1. The molecule has 2 rings (SSSR count). The predicted octanol–water partition coefficient (Wildman–Crippen LogP) is 3.52. The van der Waals surface area contributed by atoms with Crippen LogP contribution in [0.2, 0.25) is 5.02 Å². The Labute approximate surface area is 153 Å². The zero-order valence-corrected chi connectivity index (χ0v) is 15.2. The first-order chi connectivity index (χ1) is 12.1. The molecule has 0 aliphatic heterocycles. The minimum atomic E-state index is -0.0672. The number of carbonyl (C=O) groups is 1. The molecular weight excluding hydrogens is 340 g/mol. The SMILES string of the molecule is COc1ccc(NC(=O)CCNCCc2ccc(Cl)cc2)c(OC)c1. The third-order valence-electron chi connectivity index (χ3n) is 3.72. The summed E-state index contributed by atoms with van der Waals surface area (Å²) in [6.07, 6.45) is 1.28. The Morgan fingerprint density at radius 2 is 1.80 bits per heavy atom. The summed E-state index contributed by atoms with van der Waals surface area (Å²) in [5.74, 6) is 1.18. The van der Waals surface area contributed by atoms with Gasteiger partial charge in [0.2, 0.25) is 5.91 Å². The van der Waals surface area contributed by atoms with Crippen molar-refractivity contribution in [3.8, 4) is 11.5 Å². The van der Waals surface area contributed by atoms with Gasteiger partial charge in [0.15, 0.2) is 0 Å². The van der Waals surface area contributed by atoms with E-state index in [1.807, 2.05) is 24.3 Å². The van der Waals surface area contributed by atoms with Gasteiger partial charge in [-0.15, -0.1) is 0 Å². The molecule has 0 bridgehead atoms. The predicted molar refractivity (Wildman–Crippen MR) is 101 cm³/mol. The summed E-state index contributed by atoms with van der Waals surface area (Å²) in [5, 5.41) is 6.86. The third-order valence-corrected chi connectivity index (χ3v) is 3.97. The lowest BCUT2D eigenvalue weighted by Gasteiger charge is -2.12. The van der Waals surface area contributed by atoms with Crippen molar-refractivity contribution in [3.05, 3.63) is 53.1 Å². The molecule has 0 unspecified atom stereocenters. The second kappa shape index (κ2) is 9.91. The number of anilines is 1. The highest BCUT2D eigenvalue weighted by Gasteiger charge is 2.08. The summed E-state index contributed by atoms with van der Waals surface area (Å²) in [5.41, 5.74) is 1.85. The van der Waals surface area contributed by atoms with Gasteiger partial charge in [-0.25, -0.2) is 0 Å². The molecular formula is C19H23ClN2O3. The first kappa shape index (κ1) is 19.1. The van der Waals surface area contributed by atoms with Crippen molar-refractivity contribution in [1.29, 1.82) is 0 Å². The van der Waals surface area contributed by atoms with Crippen LogP contribution in [0.1, 0.15) is 12.0 Å². The maximum absolute atomic E-state index is 12.1. The fourth-order valence-corrected chi connectivity index (χ4v) is 2.45. The van der Waals surface area contributed by atoms with Gasteiger partial charge in [-0.05, 0) is 42.8 Å². The Morgan fingerprint density at radius 3 is 2.48 bits per heavy atom. The van der Waals surface area contributed by atoms with E-state index < -0.39 is 0 Å². The average Bonchev–Trinajstić information content (AvgIpc) is 2.63. The van der Waals surface area contributed by atoms with Gasteiger partial charge in [0.25, 0.3) is 0 Å². The van der Waals surface area contributed by atoms with Crippen LogP contribution in [0.25, 0.3) is 0 Å². The second-order valence-electron chi connectivity index (χ2n) is 5.49. The van der Waals surface area contributed by atoms with Crippen LogP contribution in [0.4, 0.5) is 5.69 Å². The largest absolute Gasteiger partial charge is 0.497 e. The molecule has 6 heteroatoms. The zero-order chi connectivity index (χ0) is 18.1. The van der Waals surface area contributed by atoms with Crippen molar-refractivity contribution < 1.29 is 14.3 Å². The van der Waals surface area contributed by atoms with E-state index in [9.17, 15) is 4.79 Å². The first-order valence-electron chi connectivity index (χ1n) is 8.09. The van der Waals surface area contributed by atoms with E-state index in [0.29, 0.717) is 30.2 Å². The van der Waals surface area contributed by atoms with Crippen molar-refractivity contribution in [2.45, 2.75) is 12.8 Å². The number of nitrogens with one attached hydrogen (secondary N) is 2. The Kier molecular flexibility index (Phi) is 7.57. The molecule has 1 amide bonds. The molecule has 0 spiro atoms. The minimum absolute atomic E-state index is 0.0672. The molecule has 2 aromatic carbocycles. The van der Waals surface area contributed by atoms with Gasteiger partial charge in [-0.3, -0.25) is 4.79 Å². The second-order valence-corrected chi connectivity index (χ2v) is 5.93. The third kappa shape index (κ3) is 6.29. The van der Waals surface area contributed by atoms with Gasteiger partial charge < -0.3 is 20.1 Å². The molecule has 0 radical (unpaired) electrons. The first-order valence-corrected chi connectivity index (χ1v) is 8.47. The lowest BCUT2D eigenvalue weighted by Crippen LogP contribution is -2.23. The highest BCUT2D eigenvalue weighted by molar-refractivity contribution is 6.30. The van der Waals surface area contributed by atoms with E-state index in [1.54, 1.807) is 32.4 Å². The number of amides is 1. The van der Waals surface area contributed by atoms with E-state index >= 15 is 0 Å². The van der Waals surface area contributed by atoms with Crippen LogP contribution in [0, 0.1) is 0 Å². The zero-order valence-electron chi connectivity index (χ0n) is 14.5. The quantitative estimate of drug-likeness (QED) is 0.670. The highest BCUT2D eigenvalue weighted by Crippen LogP contribution is 2.28. The van der Waals surface area contributed by atoms with Crippen molar-refractivity contribution in [1.82, 2.24) is 5.32 Å². The molecule has 0 saturated heterocycles. The number of halogens is 1. The van der Waals surface area contributed by atoms with Crippen LogP contribution >= 0.6 is 11.6 Å². The summed E-state index contributed by atoms with van der Waals surface area (Å²) < 4.78 is 10.4. The van der Waals surface area contributed by atoms with E-state index in [1.165, 1.54) is 5.56 Å². The minimum Gasteiger partial charge on any atom is -0.497 e. The Morgan fingerprint density at radius 1 is 1.04 bits per heavy atom. The number of carbonyl (C=O) groups excluding carboxylic acids is 1. The van der Waals surface area contributed by atoms with Crippen LogP contribution in [0.3, 0.4) is 0 Å². The molecule has 0 aliphatic rings. The van der Waals surface area contributed by atoms with Crippen LogP contribution < -0.4 is 20.1 Å². The van der Waals surface area contributed by atoms with Crippen LogP contribution in [-0.4, -0.2) is 33.2 Å². The molecule has 0 fully saturated rings. The summed E-state index contributed by atoms with van der Waals surface area (Å²) >= 11 is 5.86. The fraction of sp³-hybridized carbons (Fsp3) is 0.316. The lowest BCUT2D eigenvalue weighted by atomic mass is 10.1. The van der Waals surface area contributed by atoms with E-state index in [2.05, 4.69) is 10.6 Å². The molecule has 0 atom stereocenters. The number of ether oxygens (including phenoxy) is 2. The van der Waals surface area contributed by atoms with Crippen LogP contribution in [0.15, 0.2) is 42.5 Å². The molecule has 0 saturated carbocycles. The highest BCUT2D eigenvalue weighted by atomic mass is 35.5. The van der Waals surface area contributed by atoms with E-state index in [-0.39, 0.29) is 5.91 Å². The number of rotatable bonds is 9. The van der Waals surface area contributed by atoms with Gasteiger partial charge in [0.05, 0.1) is 19.9 Å². The molecule has 2 N–H and O–H groups in total. The Balaban J connectivity index is 1.71. The number of methoxy groups -OCH3 is 2. The van der Waals surface area contributed by atoms with Gasteiger partial charge in [0.1, 0.15) is 11.5 Å². The average molecular weight is 363 g/mol. The lowest BCUT2D eigenvalue weighted by molar-refractivity contribution is -0.116. The van der Waals surface area contributed by atoms with Crippen molar-refractivity contribution in [2.24, 2.45) is 0 Å². The molecule has 0 aliphatic carbocycles. The Hall–Kier alpha value is -2.24. The van der Waals surface area contributed by atoms with Crippen LogP contribution in [0.5, 0.6) is 11.5 Å². The summed E-state index contributed by atoms with van der Waals surface area (Å²) in [6, 6.07) is 13.1. The molecule has 25 heavy (non-hydrogen) atoms. The molecule has 0 heterocycles. The standard InChI is InChI=1S/C19H23ClN2O3/c1-24-16-7-8-17(18(13-16)25-2)22-19(23)10-12-21-11-9-14-3-5-15(20)6-4-14/h3-8,13,21H,9-12H2,1-2H3,(H,22,23). The smallest absolute Gasteiger partial charge is 0.225 e. The number of benzene rings is 2. The van der Waals surface area contributed by atoms with Crippen molar-refractivity contribution in [2.75, 3.05) is 32.6 Å². The summed E-state index contributed by atoms with van der Waals surface area (Å²) in [7, 11) is 3.14. The van der Waals surface area contributed by atoms with E-state index in [4.69, 9.17) is 21.1 Å². The topological polar surface area (TPSA) is 59.6 Å². The monoisotopic (exact) mass is 362 g/mol. The van der Waals surface area contributed by atoms with E-state index in [0.717, 1.165) is 18.0 Å². The van der Waals surface area contributed by atoms with Crippen LogP contribution in [-0.2, 0) is 11.2 Å². The summed E-state index contributed by atoms with van der Waals surface area (Å²) in [4.78, 5) is 12.1. The maximum Gasteiger partial charge on any atom is 0.225 e. The summed E-state index contributed by atoms with van der Waals surface area (Å²) in [6.45, 7) is 1.42. The molecule has 0 aromatic heterocycles. The van der Waals surface area contributed by atoms with Gasteiger partial charge in [0, 0.05) is 24.1 Å². The number of hydrogen-bond donors (Lipinski definition) is 2. The fourth-order valence-electron chi connectivity index (χ4n) is 2.33. The van der Waals surface area contributed by atoms with Gasteiger partial charge in [-0.1, -0.05) is 23.7 Å². The normalized spacial score (nSPS) is 10.4. The Bertz CT molecular complexity index is 690. The molecule has 2 aromatic rings. The number of hydrogen-bond acceptors (Lipinski definition) is 4. The molecule has 5 nitrogen and oxygen atoms in total. The molecule has 134 valence electrons. The van der Waals surface area contributed by atoms with Crippen molar-refractivity contribution in [3.63, 3.8) is 0 Å². The van der Waals surface area contributed by atoms with Gasteiger partial charge >= 0.3 is 0 Å². The van der Waals surface area contributed by atoms with Gasteiger partial charge in [-0.2, -0.15) is 0 Å².